The molecule has 5 rings (SSSR count). The third-order valence-electron chi connectivity index (χ3n) is 6.82. The van der Waals surface area contributed by atoms with Crippen LogP contribution < -0.4 is 4.74 Å². The number of ether oxygens (including phenoxy) is 3. The molecule has 218 valence electrons. The number of phenolic OH excluding ortho intramolecular Hbond substituents is 3. The molecule has 1 aliphatic rings. The summed E-state index contributed by atoms with van der Waals surface area (Å²) in [7, 11) is 0. The number of rotatable bonds is 7. The van der Waals surface area contributed by atoms with E-state index in [2.05, 4.69) is 0 Å². The quantitative estimate of drug-likeness (QED) is 0.108. The minimum absolute atomic E-state index is 0.0225. The van der Waals surface area contributed by atoms with Crippen molar-refractivity contribution in [1.82, 2.24) is 0 Å². The number of phenols is 3. The van der Waals surface area contributed by atoms with Crippen molar-refractivity contribution in [3.8, 4) is 34.3 Å². The predicted octanol–water partition coefficient (Wildman–Crippen LogP) is 3.25. The second-order valence-electron chi connectivity index (χ2n) is 9.82. The lowest BCUT2D eigenvalue weighted by molar-refractivity contribution is -0.278. The zero-order valence-corrected chi connectivity index (χ0v) is 22.3. The molecule has 11 heteroatoms. The first-order chi connectivity index (χ1) is 20.1. The average molecular weight is 578 g/mol. The van der Waals surface area contributed by atoms with Gasteiger partial charge < -0.3 is 44.8 Å². The molecule has 0 radical (unpaired) electrons. The number of carbonyl (C=O) groups excluding carboxylic acids is 1. The normalized spacial score (nSPS) is 22.3. The van der Waals surface area contributed by atoms with E-state index in [4.69, 9.17) is 18.6 Å². The van der Waals surface area contributed by atoms with Gasteiger partial charge in [-0.2, -0.15) is 0 Å². The number of esters is 1. The minimum Gasteiger partial charge on any atom is -0.508 e. The van der Waals surface area contributed by atoms with Crippen molar-refractivity contribution in [3.63, 3.8) is 0 Å². The number of hydrogen-bond donors (Lipinski definition) is 6. The molecular formula is C31H29O11+. The Labute approximate surface area is 239 Å². The van der Waals surface area contributed by atoms with Crippen LogP contribution in [0.4, 0.5) is 0 Å². The molecule has 4 aromatic rings. The Morgan fingerprint density at radius 1 is 0.929 bits per heavy atom. The Morgan fingerprint density at radius 2 is 1.69 bits per heavy atom. The lowest BCUT2D eigenvalue weighted by atomic mass is 9.99. The number of aliphatic hydroxyl groups excluding tert-OH is 3. The van der Waals surface area contributed by atoms with Crippen LogP contribution in [0.3, 0.4) is 0 Å². The molecule has 3 aromatic carbocycles. The van der Waals surface area contributed by atoms with Crippen LogP contribution in [0.5, 0.6) is 23.0 Å². The van der Waals surface area contributed by atoms with Gasteiger partial charge in [0.15, 0.2) is 0 Å². The number of aryl methyl sites for hydroxylation is 1. The second-order valence-corrected chi connectivity index (χ2v) is 9.82. The molecule has 0 amide bonds. The Hall–Kier alpha value is -4.68. The zero-order valence-electron chi connectivity index (χ0n) is 22.3. The number of aliphatic hydroxyl groups is 3. The van der Waals surface area contributed by atoms with Gasteiger partial charge in [0.25, 0.3) is 0 Å². The van der Waals surface area contributed by atoms with Crippen molar-refractivity contribution in [2.75, 3.05) is 6.61 Å². The minimum atomic E-state index is -1.72. The first-order valence-electron chi connectivity index (χ1n) is 13.0. The van der Waals surface area contributed by atoms with Gasteiger partial charge in [-0.1, -0.05) is 12.1 Å². The van der Waals surface area contributed by atoms with Gasteiger partial charge in [-0.05, 0) is 66.6 Å². The molecule has 5 unspecified atom stereocenters. The predicted molar refractivity (Wildman–Crippen MR) is 150 cm³/mol. The van der Waals surface area contributed by atoms with Crippen LogP contribution in [-0.2, 0) is 14.3 Å². The fourth-order valence-corrected chi connectivity index (χ4v) is 4.45. The Bertz CT molecular complexity index is 1620. The summed E-state index contributed by atoms with van der Waals surface area (Å²) in [6.07, 6.45) is -5.25. The summed E-state index contributed by atoms with van der Waals surface area (Å²) in [5.41, 5.74) is 2.02. The van der Waals surface area contributed by atoms with E-state index in [0.29, 0.717) is 27.7 Å². The Kier molecular flexibility index (Phi) is 8.27. The Morgan fingerprint density at radius 3 is 2.43 bits per heavy atom. The SMILES string of the molecule is Cc1cc(-c2[o+]c3cccc(O)c3cc2OC2OC(COC(=O)/C=C/c3ccc(O)cc3)C(O)C(O)C2O)ccc1O. The van der Waals surface area contributed by atoms with Gasteiger partial charge in [-0.3, -0.25) is 0 Å². The lowest BCUT2D eigenvalue weighted by Crippen LogP contribution is -2.60. The monoisotopic (exact) mass is 577 g/mol. The highest BCUT2D eigenvalue weighted by molar-refractivity contribution is 5.88. The molecule has 1 fully saturated rings. The van der Waals surface area contributed by atoms with E-state index in [1.54, 1.807) is 43.3 Å². The van der Waals surface area contributed by atoms with Crippen molar-refractivity contribution >= 4 is 23.0 Å². The van der Waals surface area contributed by atoms with Gasteiger partial charge in [0.05, 0.1) is 5.56 Å². The summed E-state index contributed by atoms with van der Waals surface area (Å²) in [5.74, 6) is -0.511. The van der Waals surface area contributed by atoms with Crippen LogP contribution in [0.15, 0.2) is 77.2 Å². The number of aromatic hydroxyl groups is 3. The molecule has 1 aromatic heterocycles. The maximum absolute atomic E-state index is 12.3. The topological polar surface area (TPSA) is 177 Å². The average Bonchev–Trinajstić information content (AvgIpc) is 2.98. The summed E-state index contributed by atoms with van der Waals surface area (Å²) in [6.45, 7) is 1.22. The molecule has 0 saturated carbocycles. The highest BCUT2D eigenvalue weighted by Crippen LogP contribution is 2.40. The van der Waals surface area contributed by atoms with Crippen LogP contribution in [-0.4, -0.2) is 73.9 Å². The van der Waals surface area contributed by atoms with Crippen molar-refractivity contribution < 1.29 is 54.1 Å². The molecule has 42 heavy (non-hydrogen) atoms. The van der Waals surface area contributed by atoms with Crippen molar-refractivity contribution in [1.29, 1.82) is 0 Å². The smallest absolute Gasteiger partial charge is 0.402 e. The van der Waals surface area contributed by atoms with E-state index in [1.165, 1.54) is 36.4 Å². The molecule has 0 spiro atoms. The summed E-state index contributed by atoms with van der Waals surface area (Å²) in [6, 6.07) is 17.0. The van der Waals surface area contributed by atoms with Crippen LogP contribution in [0.2, 0.25) is 0 Å². The van der Waals surface area contributed by atoms with Gasteiger partial charge in [0.2, 0.25) is 12.0 Å². The summed E-state index contributed by atoms with van der Waals surface area (Å²) < 4.78 is 22.9. The van der Waals surface area contributed by atoms with Crippen molar-refractivity contribution in [3.05, 3.63) is 83.9 Å². The summed E-state index contributed by atoms with van der Waals surface area (Å²) in [4.78, 5) is 12.3. The number of fused-ring (bicyclic) bond motifs is 1. The maximum atomic E-state index is 12.3. The third-order valence-corrected chi connectivity index (χ3v) is 6.82. The molecule has 0 aliphatic carbocycles. The van der Waals surface area contributed by atoms with E-state index in [0.717, 1.165) is 6.08 Å². The lowest BCUT2D eigenvalue weighted by Gasteiger charge is -2.39. The van der Waals surface area contributed by atoms with Gasteiger partial charge in [0.1, 0.15) is 53.7 Å². The number of carbonyl (C=O) groups is 1. The molecule has 6 N–H and O–H groups in total. The standard InChI is InChI=1S/C31H28O11/c1-16-13-18(8-11-21(16)33)30-24(14-20-22(34)3-2-4-23(20)40-30)41-31-29(38)28(37)27(36)25(42-31)15-39-26(35)12-7-17-5-9-19(32)10-6-17/h2-14,25,27-29,31,36-38H,15H2,1H3,(H2-,32,33,34,35)/p+1. The van der Waals surface area contributed by atoms with E-state index in [-0.39, 0.29) is 28.8 Å². The maximum Gasteiger partial charge on any atom is 0.402 e. The molecule has 11 nitrogen and oxygen atoms in total. The van der Waals surface area contributed by atoms with Crippen molar-refractivity contribution in [2.24, 2.45) is 0 Å². The zero-order chi connectivity index (χ0) is 30.0. The molecule has 1 aliphatic heterocycles. The largest absolute Gasteiger partial charge is 0.508 e. The molecule has 1 saturated heterocycles. The number of hydrogen-bond acceptors (Lipinski definition) is 10. The van der Waals surface area contributed by atoms with E-state index in [1.807, 2.05) is 0 Å². The van der Waals surface area contributed by atoms with Crippen LogP contribution >= 0.6 is 0 Å². The highest BCUT2D eigenvalue weighted by Gasteiger charge is 2.46. The van der Waals surface area contributed by atoms with E-state index >= 15 is 0 Å². The first-order valence-corrected chi connectivity index (χ1v) is 13.0. The molecule has 5 atom stereocenters. The highest BCUT2D eigenvalue weighted by atomic mass is 16.7. The fraction of sp³-hybridized carbons (Fsp3) is 0.226. The number of benzene rings is 3. The molecule has 2 heterocycles. The summed E-state index contributed by atoms with van der Waals surface area (Å²) in [5, 5.41) is 61.8. The van der Waals surface area contributed by atoms with Gasteiger partial charge in [-0.15, -0.1) is 0 Å². The first kappa shape index (κ1) is 28.8. The van der Waals surface area contributed by atoms with Gasteiger partial charge in [0, 0.05) is 18.2 Å². The van der Waals surface area contributed by atoms with Crippen LogP contribution in [0.25, 0.3) is 28.4 Å². The van der Waals surface area contributed by atoms with Crippen LogP contribution in [0.1, 0.15) is 11.1 Å². The van der Waals surface area contributed by atoms with Crippen molar-refractivity contribution in [2.45, 2.75) is 37.6 Å². The van der Waals surface area contributed by atoms with E-state index in [9.17, 15) is 35.4 Å². The third kappa shape index (κ3) is 6.14. The molecule has 0 bridgehead atoms. The van der Waals surface area contributed by atoms with E-state index < -0.39 is 43.3 Å². The van der Waals surface area contributed by atoms with Gasteiger partial charge >= 0.3 is 17.3 Å². The fourth-order valence-electron chi connectivity index (χ4n) is 4.45. The Balaban J connectivity index is 1.38. The summed E-state index contributed by atoms with van der Waals surface area (Å²) >= 11 is 0. The second kappa shape index (κ2) is 12.0. The molecular weight excluding hydrogens is 548 g/mol. The van der Waals surface area contributed by atoms with Gasteiger partial charge in [-0.25, -0.2) is 9.21 Å². The van der Waals surface area contributed by atoms with Crippen LogP contribution in [0, 0.1) is 6.92 Å².